The first-order valence-corrected chi connectivity index (χ1v) is 6.95. The molecule has 0 aliphatic heterocycles. The Kier molecular flexibility index (Phi) is 3.67. The molecule has 3 rings (SSSR count). The second-order valence-corrected chi connectivity index (χ2v) is 5.24. The van der Waals surface area contributed by atoms with E-state index in [2.05, 4.69) is 20.4 Å². The standard InChI is InChI=1S/C15H14F3N5/c1-9-7-13(23-14(21-9)19-8-20-23)22-10(2)11-3-5-12(6-4-11)15(16,17)18/h3-8,10,22H,1-2H3/t10-/m1/s1. The molecule has 0 bridgehead atoms. The van der Waals surface area contributed by atoms with E-state index in [1.165, 1.54) is 18.5 Å². The van der Waals surface area contributed by atoms with E-state index < -0.39 is 11.7 Å². The first-order chi connectivity index (χ1) is 10.8. The number of aromatic nitrogens is 4. The average Bonchev–Trinajstić information content (AvgIpc) is 2.94. The van der Waals surface area contributed by atoms with Crippen LogP contribution >= 0.6 is 0 Å². The molecule has 0 saturated heterocycles. The number of benzene rings is 1. The molecule has 0 saturated carbocycles. The lowest BCUT2D eigenvalue weighted by atomic mass is 10.1. The fourth-order valence-corrected chi connectivity index (χ4v) is 2.30. The first kappa shape index (κ1) is 15.3. The number of aryl methyl sites for hydroxylation is 1. The maximum atomic E-state index is 12.6. The summed E-state index contributed by atoms with van der Waals surface area (Å²) in [6.45, 7) is 3.70. The molecule has 23 heavy (non-hydrogen) atoms. The van der Waals surface area contributed by atoms with E-state index in [0.29, 0.717) is 11.6 Å². The largest absolute Gasteiger partial charge is 0.416 e. The lowest BCUT2D eigenvalue weighted by molar-refractivity contribution is -0.137. The zero-order chi connectivity index (χ0) is 16.6. The van der Waals surface area contributed by atoms with E-state index in [1.807, 2.05) is 19.9 Å². The highest BCUT2D eigenvalue weighted by Gasteiger charge is 2.30. The fraction of sp³-hybridized carbons (Fsp3) is 0.267. The second kappa shape index (κ2) is 5.53. The molecule has 8 heteroatoms. The van der Waals surface area contributed by atoms with E-state index >= 15 is 0 Å². The van der Waals surface area contributed by atoms with E-state index in [-0.39, 0.29) is 6.04 Å². The predicted molar refractivity (Wildman–Crippen MR) is 79.0 cm³/mol. The third kappa shape index (κ3) is 3.10. The fourth-order valence-electron chi connectivity index (χ4n) is 2.30. The number of halogens is 3. The lowest BCUT2D eigenvalue weighted by Crippen LogP contribution is -2.12. The molecule has 0 spiro atoms. The summed E-state index contributed by atoms with van der Waals surface area (Å²) in [6, 6.07) is 6.70. The number of nitrogens with zero attached hydrogens (tertiary/aromatic N) is 4. The first-order valence-electron chi connectivity index (χ1n) is 6.95. The van der Waals surface area contributed by atoms with Gasteiger partial charge in [0.2, 0.25) is 0 Å². The monoisotopic (exact) mass is 321 g/mol. The van der Waals surface area contributed by atoms with Gasteiger partial charge in [-0.1, -0.05) is 12.1 Å². The lowest BCUT2D eigenvalue weighted by Gasteiger charge is -2.17. The van der Waals surface area contributed by atoms with Gasteiger partial charge < -0.3 is 5.32 Å². The molecule has 2 aromatic heterocycles. The summed E-state index contributed by atoms with van der Waals surface area (Å²) in [5.74, 6) is 1.14. The molecule has 1 atom stereocenters. The molecule has 0 aliphatic carbocycles. The van der Waals surface area contributed by atoms with Crippen molar-refractivity contribution < 1.29 is 13.2 Å². The van der Waals surface area contributed by atoms with E-state index in [0.717, 1.165) is 23.4 Å². The quantitative estimate of drug-likeness (QED) is 0.800. The van der Waals surface area contributed by atoms with Crippen LogP contribution in [0.4, 0.5) is 19.0 Å². The van der Waals surface area contributed by atoms with Crippen molar-refractivity contribution >= 4 is 11.6 Å². The third-order valence-corrected chi connectivity index (χ3v) is 3.48. The highest BCUT2D eigenvalue weighted by Crippen LogP contribution is 2.30. The number of hydrogen-bond donors (Lipinski definition) is 1. The van der Waals surface area contributed by atoms with Gasteiger partial charge in [0.1, 0.15) is 12.1 Å². The number of alkyl halides is 3. The van der Waals surface area contributed by atoms with Gasteiger partial charge in [-0.3, -0.25) is 0 Å². The van der Waals surface area contributed by atoms with Crippen LogP contribution < -0.4 is 5.32 Å². The molecule has 0 radical (unpaired) electrons. The van der Waals surface area contributed by atoms with E-state index in [1.54, 1.807) is 4.52 Å². The molecular weight excluding hydrogens is 307 g/mol. The summed E-state index contributed by atoms with van der Waals surface area (Å²) >= 11 is 0. The van der Waals surface area contributed by atoms with Crippen LogP contribution in [0.5, 0.6) is 0 Å². The number of nitrogens with one attached hydrogen (secondary N) is 1. The Morgan fingerprint density at radius 1 is 1.17 bits per heavy atom. The van der Waals surface area contributed by atoms with Crippen LogP contribution in [0.15, 0.2) is 36.7 Å². The Morgan fingerprint density at radius 3 is 2.52 bits per heavy atom. The summed E-state index contributed by atoms with van der Waals surface area (Å²) in [6.07, 6.45) is -2.93. The smallest absolute Gasteiger partial charge is 0.363 e. The number of anilines is 1. The Bertz CT molecular complexity index is 823. The summed E-state index contributed by atoms with van der Waals surface area (Å²) in [7, 11) is 0. The summed E-state index contributed by atoms with van der Waals surface area (Å²) < 4.78 is 39.4. The van der Waals surface area contributed by atoms with Gasteiger partial charge in [-0.25, -0.2) is 4.98 Å². The number of rotatable bonds is 3. The number of hydrogen-bond acceptors (Lipinski definition) is 4. The minimum Gasteiger partial charge on any atom is -0.363 e. The molecule has 1 aromatic carbocycles. The van der Waals surface area contributed by atoms with Gasteiger partial charge in [0.25, 0.3) is 5.78 Å². The molecule has 5 nitrogen and oxygen atoms in total. The molecule has 0 fully saturated rings. The Hall–Kier alpha value is -2.64. The van der Waals surface area contributed by atoms with Crippen LogP contribution in [0.2, 0.25) is 0 Å². The summed E-state index contributed by atoms with van der Waals surface area (Å²) in [5.41, 5.74) is 0.847. The normalized spacial score (nSPS) is 13.3. The topological polar surface area (TPSA) is 55.1 Å². The molecule has 0 unspecified atom stereocenters. The zero-order valence-corrected chi connectivity index (χ0v) is 12.5. The average molecular weight is 321 g/mol. The maximum absolute atomic E-state index is 12.6. The summed E-state index contributed by atoms with van der Waals surface area (Å²) in [4.78, 5) is 8.27. The van der Waals surface area contributed by atoms with Crippen LogP contribution in [0.25, 0.3) is 5.78 Å². The van der Waals surface area contributed by atoms with Gasteiger partial charge >= 0.3 is 6.18 Å². The van der Waals surface area contributed by atoms with Crippen LogP contribution in [-0.2, 0) is 6.18 Å². The minimum atomic E-state index is -4.33. The van der Waals surface area contributed by atoms with Crippen LogP contribution in [0.1, 0.15) is 29.8 Å². The SMILES string of the molecule is Cc1cc(N[C@H](C)c2ccc(C(F)(F)F)cc2)n2ncnc2n1. The van der Waals surface area contributed by atoms with Crippen molar-refractivity contribution in [2.24, 2.45) is 0 Å². The van der Waals surface area contributed by atoms with Gasteiger partial charge in [-0.2, -0.15) is 27.8 Å². The second-order valence-electron chi connectivity index (χ2n) is 5.24. The molecular formula is C15H14F3N5. The van der Waals surface area contributed by atoms with Crippen molar-refractivity contribution in [1.29, 1.82) is 0 Å². The highest BCUT2D eigenvalue weighted by atomic mass is 19.4. The highest BCUT2D eigenvalue weighted by molar-refractivity contribution is 5.46. The Balaban J connectivity index is 1.86. The Morgan fingerprint density at radius 2 is 1.87 bits per heavy atom. The minimum absolute atomic E-state index is 0.202. The molecule has 120 valence electrons. The van der Waals surface area contributed by atoms with Gasteiger partial charge in [0.15, 0.2) is 0 Å². The molecule has 3 aromatic rings. The van der Waals surface area contributed by atoms with Crippen molar-refractivity contribution in [3.8, 4) is 0 Å². The maximum Gasteiger partial charge on any atom is 0.416 e. The van der Waals surface area contributed by atoms with Crippen molar-refractivity contribution in [3.63, 3.8) is 0 Å². The van der Waals surface area contributed by atoms with Gasteiger partial charge in [0.05, 0.1) is 5.56 Å². The Labute approximate surface area is 130 Å². The summed E-state index contributed by atoms with van der Waals surface area (Å²) in [5, 5.41) is 7.31. The van der Waals surface area contributed by atoms with Crippen molar-refractivity contribution in [1.82, 2.24) is 19.6 Å². The van der Waals surface area contributed by atoms with Crippen molar-refractivity contribution in [2.45, 2.75) is 26.1 Å². The molecule has 0 amide bonds. The molecule has 0 aliphatic rings. The van der Waals surface area contributed by atoms with Gasteiger partial charge in [-0.05, 0) is 31.5 Å². The van der Waals surface area contributed by atoms with Crippen LogP contribution in [0, 0.1) is 6.92 Å². The van der Waals surface area contributed by atoms with Crippen LogP contribution in [-0.4, -0.2) is 19.6 Å². The van der Waals surface area contributed by atoms with Gasteiger partial charge in [-0.15, -0.1) is 0 Å². The molecule has 2 heterocycles. The number of fused-ring (bicyclic) bond motifs is 1. The zero-order valence-electron chi connectivity index (χ0n) is 12.5. The van der Waals surface area contributed by atoms with E-state index in [4.69, 9.17) is 0 Å². The van der Waals surface area contributed by atoms with Gasteiger partial charge in [0, 0.05) is 17.8 Å². The van der Waals surface area contributed by atoms with Crippen LogP contribution in [0.3, 0.4) is 0 Å². The predicted octanol–water partition coefficient (Wildman–Crippen LogP) is 3.62. The molecule has 1 N–H and O–H groups in total. The third-order valence-electron chi connectivity index (χ3n) is 3.48. The van der Waals surface area contributed by atoms with Crippen molar-refractivity contribution in [3.05, 3.63) is 53.5 Å². The van der Waals surface area contributed by atoms with Crippen molar-refractivity contribution in [2.75, 3.05) is 5.32 Å². The van der Waals surface area contributed by atoms with E-state index in [9.17, 15) is 13.2 Å².